The number of ether oxygens (including phenoxy) is 2. The molecule has 4 aliphatic heterocycles. The van der Waals surface area contributed by atoms with E-state index in [0.717, 1.165) is 101 Å². The summed E-state index contributed by atoms with van der Waals surface area (Å²) in [7, 11) is 1.89. The van der Waals surface area contributed by atoms with Gasteiger partial charge in [0.1, 0.15) is 18.2 Å². The summed E-state index contributed by atoms with van der Waals surface area (Å²) in [5, 5.41) is 20.8. The minimum Gasteiger partial charge on any atom is -0.488 e. The molecular formula is C56H65ClF2N8O7. The molecule has 0 bridgehead atoms. The first kappa shape index (κ1) is 51.4. The third kappa shape index (κ3) is 9.72. The van der Waals surface area contributed by atoms with Crippen molar-refractivity contribution < 1.29 is 42.5 Å². The molecule has 3 atom stereocenters. The number of urea groups is 1. The molecule has 5 aromatic rings. The summed E-state index contributed by atoms with van der Waals surface area (Å²) in [4.78, 5) is 57.8. The smallest absolute Gasteiger partial charge is 0.329 e. The molecule has 3 saturated heterocycles. The number of primary amides is 1. The number of aromatic nitrogens is 2. The van der Waals surface area contributed by atoms with Crippen LogP contribution in [0.2, 0.25) is 5.02 Å². The number of fused-ring (bicyclic) bond motifs is 2. The van der Waals surface area contributed by atoms with Gasteiger partial charge >= 0.3 is 6.03 Å². The zero-order chi connectivity index (χ0) is 52.0. The summed E-state index contributed by atoms with van der Waals surface area (Å²) in [6.45, 7) is 8.34. The highest BCUT2D eigenvalue weighted by Gasteiger charge is 2.50. The summed E-state index contributed by atoms with van der Waals surface area (Å²) in [6.07, 6.45) is 7.16. The highest BCUT2D eigenvalue weighted by Crippen LogP contribution is 2.56. The van der Waals surface area contributed by atoms with Crippen LogP contribution in [0.1, 0.15) is 104 Å². The topological polar surface area (TPSA) is 185 Å². The quantitative estimate of drug-likeness (QED) is 0.0851. The molecule has 4 fully saturated rings. The SMILES string of the molecule is CC1CN(c2nn(C)c3cc(C4CCN(CC5CCN(C(=O)C6CCC(NCC7(c8ccccc8)Oc8cc(F)c(Cl)c(-c9c(C(N)=O)ccc(OCCO)c9F)c8C7C)CC6)CC5)CC4)ccc23)C(=O)NC1=O. The van der Waals surface area contributed by atoms with E-state index in [2.05, 4.69) is 38.6 Å². The number of likely N-dealkylation sites (tertiary alicyclic amines) is 2. The molecule has 392 valence electrons. The molecule has 5 amide bonds. The van der Waals surface area contributed by atoms with E-state index in [9.17, 15) is 24.3 Å². The fraction of sp³-hybridized carbons (Fsp3) is 0.482. The van der Waals surface area contributed by atoms with Crippen LogP contribution in [0.3, 0.4) is 0 Å². The highest BCUT2D eigenvalue weighted by atomic mass is 35.5. The highest BCUT2D eigenvalue weighted by molar-refractivity contribution is 6.34. The minimum absolute atomic E-state index is 0.0486. The van der Waals surface area contributed by atoms with Crippen LogP contribution in [-0.2, 0) is 22.2 Å². The number of carbonyl (C=O) groups is 4. The van der Waals surface area contributed by atoms with Crippen molar-refractivity contribution in [2.45, 2.75) is 88.7 Å². The van der Waals surface area contributed by atoms with Gasteiger partial charge in [0.25, 0.3) is 0 Å². The van der Waals surface area contributed by atoms with Gasteiger partial charge in [0.15, 0.2) is 23.0 Å². The zero-order valence-corrected chi connectivity index (χ0v) is 42.9. The molecule has 4 aromatic carbocycles. The van der Waals surface area contributed by atoms with E-state index in [1.165, 1.54) is 23.8 Å². The number of nitrogens with zero attached hydrogens (tertiary/aromatic N) is 5. The number of nitrogens with one attached hydrogen (secondary N) is 2. The van der Waals surface area contributed by atoms with E-state index in [-0.39, 0.29) is 71.1 Å². The third-order valence-corrected chi connectivity index (χ3v) is 17.0. The van der Waals surface area contributed by atoms with Crippen molar-refractivity contribution in [1.82, 2.24) is 30.2 Å². The van der Waals surface area contributed by atoms with E-state index in [1.54, 1.807) is 11.8 Å². The summed E-state index contributed by atoms with van der Waals surface area (Å²) < 4.78 is 46.5. The van der Waals surface area contributed by atoms with Gasteiger partial charge in [-0.05, 0) is 112 Å². The third-order valence-electron chi connectivity index (χ3n) is 16.6. The van der Waals surface area contributed by atoms with Crippen molar-refractivity contribution in [3.8, 4) is 22.6 Å². The van der Waals surface area contributed by atoms with Gasteiger partial charge in [0.2, 0.25) is 17.7 Å². The average molecular weight is 1040 g/mol. The van der Waals surface area contributed by atoms with E-state index in [0.29, 0.717) is 36.3 Å². The van der Waals surface area contributed by atoms with Crippen LogP contribution in [0.4, 0.5) is 19.4 Å². The Morgan fingerprint density at radius 2 is 1.68 bits per heavy atom. The van der Waals surface area contributed by atoms with E-state index < -0.39 is 40.1 Å². The Labute approximate surface area is 434 Å². The first-order valence-electron chi connectivity index (χ1n) is 26.1. The van der Waals surface area contributed by atoms with Crippen molar-refractivity contribution in [1.29, 1.82) is 0 Å². The molecule has 0 radical (unpaired) electrons. The van der Waals surface area contributed by atoms with Crippen molar-refractivity contribution in [3.63, 3.8) is 0 Å². The van der Waals surface area contributed by atoms with Crippen molar-refractivity contribution in [2.75, 3.05) is 63.9 Å². The molecule has 10 rings (SSSR count). The summed E-state index contributed by atoms with van der Waals surface area (Å²) >= 11 is 6.73. The van der Waals surface area contributed by atoms with Gasteiger partial charge in [-0.1, -0.05) is 61.8 Å². The molecule has 3 unspecified atom stereocenters. The molecule has 1 saturated carbocycles. The van der Waals surface area contributed by atoms with E-state index in [4.69, 9.17) is 31.9 Å². The van der Waals surface area contributed by atoms with Crippen LogP contribution < -0.4 is 30.7 Å². The Kier molecular flexibility index (Phi) is 14.7. The monoisotopic (exact) mass is 1030 g/mol. The number of carbonyl (C=O) groups excluding carboxylic acids is 4. The number of aliphatic hydroxyl groups is 1. The Balaban J connectivity index is 0.729. The molecule has 5 N–H and O–H groups in total. The molecule has 74 heavy (non-hydrogen) atoms. The number of rotatable bonds is 14. The van der Waals surface area contributed by atoms with Crippen LogP contribution in [0, 0.1) is 29.4 Å². The molecule has 5 heterocycles. The maximum atomic E-state index is 16.5. The Bertz CT molecular complexity index is 2950. The molecule has 1 aliphatic carbocycles. The van der Waals surface area contributed by atoms with Crippen molar-refractivity contribution in [2.24, 2.45) is 30.5 Å². The number of aliphatic hydroxyl groups excluding tert-OH is 1. The number of nitrogens with two attached hydrogens (primary N) is 1. The fourth-order valence-electron chi connectivity index (χ4n) is 12.4. The maximum Gasteiger partial charge on any atom is 0.329 e. The number of piperidine rings is 2. The second-order valence-electron chi connectivity index (χ2n) is 21.1. The number of halogens is 3. The summed E-state index contributed by atoms with van der Waals surface area (Å²) in [6, 6.07) is 19.4. The van der Waals surface area contributed by atoms with Crippen LogP contribution in [0.5, 0.6) is 11.5 Å². The van der Waals surface area contributed by atoms with Gasteiger partial charge in [-0.2, -0.15) is 5.10 Å². The first-order valence-corrected chi connectivity index (χ1v) is 26.5. The standard InChI is InChI=1S/C56H65ClF2N8O7/c1-32-29-67(55(72)62-53(32)70)52-40-14-11-37(27-43(40)64(3)63-52)35-19-21-65(22-20-35)30-34-17-23-66(24-18-34)54(71)36-9-12-39(13-10-36)61-31-56(38-7-5-4-6-8-38)33(2)46-45(74-56)28-42(58)49(57)48(46)47-41(51(60)69)15-16-44(50(47)59)73-26-25-68/h4-8,11,14-16,27-28,32-36,39,61,68H,9-10,12-13,17-26,29-31H2,1-3H3,(H2,60,69)(H,62,70,72). The van der Waals surface area contributed by atoms with Crippen LogP contribution in [0.15, 0.2) is 66.7 Å². The van der Waals surface area contributed by atoms with Gasteiger partial charge in [0.05, 0.1) is 28.6 Å². The Morgan fingerprint density at radius 1 is 0.946 bits per heavy atom. The average Bonchev–Trinajstić information content (AvgIpc) is 3.89. The second kappa shape index (κ2) is 21.2. The fourth-order valence-corrected chi connectivity index (χ4v) is 12.6. The molecule has 18 heteroatoms. The van der Waals surface area contributed by atoms with Crippen LogP contribution in [-0.4, -0.2) is 114 Å². The zero-order valence-electron chi connectivity index (χ0n) is 42.2. The lowest BCUT2D eigenvalue weighted by molar-refractivity contribution is -0.138. The number of amides is 5. The van der Waals surface area contributed by atoms with Gasteiger partial charge in [-0.25, -0.2) is 13.6 Å². The van der Waals surface area contributed by atoms with Crippen LogP contribution in [0.25, 0.3) is 22.0 Å². The Morgan fingerprint density at radius 3 is 2.38 bits per heavy atom. The number of aryl methyl sites for hydroxylation is 1. The van der Waals surface area contributed by atoms with Gasteiger partial charge in [0, 0.05) is 85.8 Å². The van der Waals surface area contributed by atoms with E-state index >= 15 is 8.78 Å². The number of benzene rings is 4. The van der Waals surface area contributed by atoms with Gasteiger partial charge in [-0.3, -0.25) is 29.3 Å². The Hall–Kier alpha value is -6.14. The van der Waals surface area contributed by atoms with E-state index in [1.807, 2.05) is 49.0 Å². The maximum absolute atomic E-state index is 16.5. The lowest BCUT2D eigenvalue weighted by Crippen LogP contribution is -2.54. The molecule has 1 aromatic heterocycles. The number of imide groups is 1. The lowest BCUT2D eigenvalue weighted by atomic mass is 9.77. The van der Waals surface area contributed by atoms with Crippen molar-refractivity contribution >= 4 is 52.1 Å². The number of anilines is 1. The largest absolute Gasteiger partial charge is 0.488 e. The van der Waals surface area contributed by atoms with Crippen LogP contribution >= 0.6 is 11.6 Å². The molecule has 5 aliphatic rings. The second-order valence-corrected chi connectivity index (χ2v) is 21.5. The molecule has 0 spiro atoms. The number of hydrogen-bond donors (Lipinski definition) is 4. The summed E-state index contributed by atoms with van der Waals surface area (Å²) in [5.41, 5.74) is 7.57. The number of hydrogen-bond acceptors (Lipinski definition) is 10. The minimum atomic E-state index is -1.10. The lowest BCUT2D eigenvalue weighted by Gasteiger charge is -2.40. The predicted octanol–water partition coefficient (Wildman–Crippen LogP) is 7.99. The van der Waals surface area contributed by atoms with Gasteiger partial charge in [-0.15, -0.1) is 0 Å². The van der Waals surface area contributed by atoms with Crippen molar-refractivity contribution in [3.05, 3.63) is 106 Å². The molecule has 15 nitrogen and oxygen atoms in total. The summed E-state index contributed by atoms with van der Waals surface area (Å²) in [5.74, 6) is -2.25. The normalized spacial score (nSPS) is 24.0. The van der Waals surface area contributed by atoms with Gasteiger partial charge < -0.3 is 35.4 Å². The molecular weight excluding hydrogens is 970 g/mol. The predicted molar refractivity (Wildman–Crippen MR) is 277 cm³/mol. The first-order chi connectivity index (χ1) is 35.6.